The first-order valence-electron chi connectivity index (χ1n) is 6.72. The molecule has 21 heavy (non-hydrogen) atoms. The third kappa shape index (κ3) is 3.36. The van der Waals surface area contributed by atoms with Crippen LogP contribution in [0.1, 0.15) is 13.3 Å². The average molecular weight is 316 g/mol. The molecule has 1 N–H and O–H groups in total. The number of nitrogens with zero attached hydrogens (tertiary/aromatic N) is 3. The summed E-state index contributed by atoms with van der Waals surface area (Å²) in [6.45, 7) is 3.16. The van der Waals surface area contributed by atoms with Crippen LogP contribution in [0.25, 0.3) is 0 Å². The molecule has 0 saturated carbocycles. The molecule has 0 aromatic carbocycles. The Balaban J connectivity index is 2.36. The minimum atomic E-state index is -0.879. The smallest absolute Gasteiger partial charge is 0.318 e. The Morgan fingerprint density at radius 1 is 1.62 bits per heavy atom. The van der Waals surface area contributed by atoms with Gasteiger partial charge in [0.25, 0.3) is 0 Å². The summed E-state index contributed by atoms with van der Waals surface area (Å²) in [7, 11) is 1.47. The van der Waals surface area contributed by atoms with Gasteiger partial charge in [0.05, 0.1) is 32.6 Å². The molecule has 116 valence electrons. The van der Waals surface area contributed by atoms with E-state index in [1.54, 1.807) is 0 Å². The number of aromatic nitrogens is 2. The zero-order valence-corrected chi connectivity index (χ0v) is 12.7. The molecule has 1 aliphatic heterocycles. The molecule has 2 rings (SSSR count). The second kappa shape index (κ2) is 6.91. The van der Waals surface area contributed by atoms with E-state index in [4.69, 9.17) is 21.1 Å². The van der Waals surface area contributed by atoms with Gasteiger partial charge >= 0.3 is 12.0 Å². The number of anilines is 1. The van der Waals surface area contributed by atoms with Crippen LogP contribution in [-0.4, -0.2) is 54.0 Å². The van der Waals surface area contributed by atoms with Crippen molar-refractivity contribution in [3.05, 3.63) is 11.2 Å². The number of methoxy groups -OCH3 is 1. The molecule has 1 aliphatic rings. The standard InChI is InChI=1S/C13H18ClN3O4/c1-3-4-17(10-7-21-6-8(10)12(18)19)11-9(14)5-15-13(16-11)20-2/h5,8,10H,3-4,6-7H2,1-2H3,(H,18,19). The highest BCUT2D eigenvalue weighted by Crippen LogP contribution is 2.30. The Morgan fingerprint density at radius 3 is 3.00 bits per heavy atom. The number of hydrogen-bond donors (Lipinski definition) is 1. The second-order valence-electron chi connectivity index (χ2n) is 4.77. The molecule has 0 amide bonds. The van der Waals surface area contributed by atoms with Crippen molar-refractivity contribution in [3.8, 4) is 6.01 Å². The predicted octanol–water partition coefficient (Wildman–Crippen LogP) is 1.45. The van der Waals surface area contributed by atoms with Crippen molar-refractivity contribution in [2.45, 2.75) is 19.4 Å². The molecule has 0 bridgehead atoms. The lowest BCUT2D eigenvalue weighted by molar-refractivity contribution is -0.141. The number of rotatable bonds is 6. The van der Waals surface area contributed by atoms with E-state index < -0.39 is 11.9 Å². The number of hydrogen-bond acceptors (Lipinski definition) is 6. The molecule has 1 aromatic heterocycles. The van der Waals surface area contributed by atoms with E-state index in [2.05, 4.69) is 9.97 Å². The summed E-state index contributed by atoms with van der Waals surface area (Å²) in [5.41, 5.74) is 0. The van der Waals surface area contributed by atoms with Crippen LogP contribution in [-0.2, 0) is 9.53 Å². The summed E-state index contributed by atoms with van der Waals surface area (Å²) in [4.78, 5) is 21.4. The molecular formula is C13H18ClN3O4. The SMILES string of the molecule is CCCN(c1nc(OC)ncc1Cl)C1COCC1C(=O)O. The fraction of sp³-hybridized carbons (Fsp3) is 0.615. The van der Waals surface area contributed by atoms with Gasteiger partial charge in [-0.2, -0.15) is 4.98 Å². The summed E-state index contributed by atoms with van der Waals surface area (Å²) in [5.74, 6) is -1.00. The lowest BCUT2D eigenvalue weighted by Crippen LogP contribution is -2.44. The molecule has 0 aliphatic carbocycles. The normalized spacial score (nSPS) is 21.3. The van der Waals surface area contributed by atoms with Gasteiger partial charge in [-0.15, -0.1) is 0 Å². The maximum absolute atomic E-state index is 11.4. The van der Waals surface area contributed by atoms with Crippen molar-refractivity contribution < 1.29 is 19.4 Å². The molecule has 0 spiro atoms. The molecule has 2 atom stereocenters. The highest BCUT2D eigenvalue weighted by atomic mass is 35.5. The van der Waals surface area contributed by atoms with Crippen LogP contribution in [0.2, 0.25) is 5.02 Å². The molecule has 7 nitrogen and oxygen atoms in total. The van der Waals surface area contributed by atoms with Crippen molar-refractivity contribution in [2.24, 2.45) is 5.92 Å². The number of carboxylic acid groups (broad SMARTS) is 1. The van der Waals surface area contributed by atoms with E-state index >= 15 is 0 Å². The topological polar surface area (TPSA) is 84.8 Å². The van der Waals surface area contributed by atoms with E-state index in [1.807, 2.05) is 11.8 Å². The van der Waals surface area contributed by atoms with Gasteiger partial charge in [-0.3, -0.25) is 4.79 Å². The van der Waals surface area contributed by atoms with Gasteiger partial charge in [0, 0.05) is 6.54 Å². The number of aliphatic carboxylic acids is 1. The molecular weight excluding hydrogens is 298 g/mol. The zero-order valence-electron chi connectivity index (χ0n) is 12.0. The molecule has 1 fully saturated rings. The first kappa shape index (κ1) is 15.8. The van der Waals surface area contributed by atoms with Crippen LogP contribution in [0.4, 0.5) is 5.82 Å². The molecule has 8 heteroatoms. The van der Waals surface area contributed by atoms with Crippen molar-refractivity contribution >= 4 is 23.4 Å². The van der Waals surface area contributed by atoms with Gasteiger partial charge in [-0.25, -0.2) is 4.98 Å². The summed E-state index contributed by atoms with van der Waals surface area (Å²) in [6, 6.07) is -0.110. The van der Waals surface area contributed by atoms with Crippen molar-refractivity contribution in [1.29, 1.82) is 0 Å². The maximum atomic E-state index is 11.4. The van der Waals surface area contributed by atoms with Gasteiger partial charge in [-0.1, -0.05) is 18.5 Å². The lowest BCUT2D eigenvalue weighted by Gasteiger charge is -2.31. The van der Waals surface area contributed by atoms with Gasteiger partial charge in [0.15, 0.2) is 5.82 Å². The monoisotopic (exact) mass is 315 g/mol. The highest BCUT2D eigenvalue weighted by molar-refractivity contribution is 6.32. The van der Waals surface area contributed by atoms with Crippen LogP contribution >= 0.6 is 11.6 Å². The molecule has 2 heterocycles. The first-order valence-corrected chi connectivity index (χ1v) is 7.10. The first-order chi connectivity index (χ1) is 10.1. The summed E-state index contributed by atoms with van der Waals surface area (Å²) in [6.07, 6.45) is 2.28. The van der Waals surface area contributed by atoms with Gasteiger partial charge in [0.2, 0.25) is 0 Å². The Morgan fingerprint density at radius 2 is 2.38 bits per heavy atom. The third-order valence-corrected chi connectivity index (χ3v) is 3.66. The Hall–Kier alpha value is -1.60. The molecule has 0 radical (unpaired) electrons. The highest BCUT2D eigenvalue weighted by Gasteiger charge is 2.39. The van der Waals surface area contributed by atoms with E-state index in [-0.39, 0.29) is 18.7 Å². The van der Waals surface area contributed by atoms with Crippen molar-refractivity contribution in [3.63, 3.8) is 0 Å². The zero-order chi connectivity index (χ0) is 15.4. The van der Waals surface area contributed by atoms with E-state index in [0.29, 0.717) is 24.0 Å². The van der Waals surface area contributed by atoms with Crippen LogP contribution < -0.4 is 9.64 Å². The van der Waals surface area contributed by atoms with Crippen LogP contribution in [0.5, 0.6) is 6.01 Å². The Bertz CT molecular complexity index is 514. The molecule has 2 unspecified atom stereocenters. The van der Waals surface area contributed by atoms with Crippen molar-refractivity contribution in [2.75, 3.05) is 31.8 Å². The fourth-order valence-corrected chi connectivity index (χ4v) is 2.60. The Kier molecular flexibility index (Phi) is 5.19. The van der Waals surface area contributed by atoms with Crippen LogP contribution in [0.15, 0.2) is 6.20 Å². The van der Waals surface area contributed by atoms with Crippen LogP contribution in [0, 0.1) is 5.92 Å². The summed E-state index contributed by atoms with van der Waals surface area (Å²) < 4.78 is 10.4. The quantitative estimate of drug-likeness (QED) is 0.850. The maximum Gasteiger partial charge on any atom is 0.318 e. The number of carbonyl (C=O) groups is 1. The largest absolute Gasteiger partial charge is 0.481 e. The summed E-state index contributed by atoms with van der Waals surface area (Å²) in [5, 5.41) is 9.68. The number of carboxylic acids is 1. The number of ether oxygens (including phenoxy) is 2. The number of halogens is 1. The minimum Gasteiger partial charge on any atom is -0.481 e. The third-order valence-electron chi connectivity index (χ3n) is 3.39. The van der Waals surface area contributed by atoms with Crippen molar-refractivity contribution in [1.82, 2.24) is 9.97 Å². The summed E-state index contributed by atoms with van der Waals surface area (Å²) >= 11 is 6.18. The molecule has 1 saturated heterocycles. The van der Waals surface area contributed by atoms with Gasteiger partial charge < -0.3 is 19.5 Å². The van der Waals surface area contributed by atoms with E-state index in [9.17, 15) is 9.90 Å². The van der Waals surface area contributed by atoms with Crippen LogP contribution in [0.3, 0.4) is 0 Å². The predicted molar refractivity (Wildman–Crippen MR) is 77.0 cm³/mol. The van der Waals surface area contributed by atoms with Gasteiger partial charge in [0.1, 0.15) is 10.9 Å². The Labute approximate surface area is 127 Å². The fourth-order valence-electron chi connectivity index (χ4n) is 2.40. The minimum absolute atomic E-state index is 0.194. The van der Waals surface area contributed by atoms with E-state index in [1.165, 1.54) is 13.3 Å². The average Bonchev–Trinajstić information content (AvgIpc) is 2.95. The molecule has 1 aromatic rings. The lowest BCUT2D eigenvalue weighted by atomic mass is 10.0. The van der Waals surface area contributed by atoms with Gasteiger partial charge in [-0.05, 0) is 6.42 Å². The van der Waals surface area contributed by atoms with E-state index in [0.717, 1.165) is 6.42 Å². The second-order valence-corrected chi connectivity index (χ2v) is 5.18.